The summed E-state index contributed by atoms with van der Waals surface area (Å²) in [7, 11) is 0. The second kappa shape index (κ2) is 7.87. The lowest BCUT2D eigenvalue weighted by Crippen LogP contribution is -2.42. The molecule has 1 aliphatic heterocycles. The average Bonchev–Trinajstić information content (AvgIpc) is 2.33. The molecule has 4 heteroatoms. The largest absolute Gasteiger partial charge is 0.444 e. The van der Waals surface area contributed by atoms with E-state index in [1.807, 2.05) is 25.7 Å². The third-order valence-electron chi connectivity index (χ3n) is 3.55. The van der Waals surface area contributed by atoms with Crippen molar-refractivity contribution in [3.63, 3.8) is 0 Å². The minimum absolute atomic E-state index is 0.158. The first-order chi connectivity index (χ1) is 9.28. The molecular formula is C16H32N2O2. The van der Waals surface area contributed by atoms with Crippen molar-refractivity contribution in [3.05, 3.63) is 0 Å². The van der Waals surface area contributed by atoms with Gasteiger partial charge >= 0.3 is 6.09 Å². The highest BCUT2D eigenvalue weighted by molar-refractivity contribution is 5.68. The Hall–Kier alpha value is -0.770. The summed E-state index contributed by atoms with van der Waals surface area (Å²) in [5.41, 5.74) is -0.394. The van der Waals surface area contributed by atoms with Crippen molar-refractivity contribution in [1.82, 2.24) is 10.2 Å². The second-order valence-electron chi connectivity index (χ2n) is 7.30. The van der Waals surface area contributed by atoms with Crippen molar-refractivity contribution >= 4 is 6.09 Å². The fourth-order valence-corrected chi connectivity index (χ4v) is 2.43. The smallest absolute Gasteiger partial charge is 0.410 e. The third kappa shape index (κ3) is 7.13. The molecule has 0 aliphatic carbocycles. The number of carbonyl (C=O) groups excluding carboxylic acids is 1. The van der Waals surface area contributed by atoms with E-state index in [-0.39, 0.29) is 6.09 Å². The van der Waals surface area contributed by atoms with Gasteiger partial charge in [-0.3, -0.25) is 0 Å². The van der Waals surface area contributed by atoms with E-state index in [9.17, 15) is 4.79 Å². The van der Waals surface area contributed by atoms with Gasteiger partial charge in [-0.05, 0) is 65.0 Å². The Morgan fingerprint density at radius 2 is 1.90 bits per heavy atom. The number of ether oxygens (including phenoxy) is 1. The number of piperidine rings is 1. The zero-order valence-electron chi connectivity index (χ0n) is 13.9. The fourth-order valence-electron chi connectivity index (χ4n) is 2.43. The van der Waals surface area contributed by atoms with E-state index in [2.05, 4.69) is 19.2 Å². The summed E-state index contributed by atoms with van der Waals surface area (Å²) in [5.74, 6) is 1.46. The topological polar surface area (TPSA) is 41.6 Å². The van der Waals surface area contributed by atoms with Gasteiger partial charge in [0.2, 0.25) is 0 Å². The number of hydrogen-bond acceptors (Lipinski definition) is 3. The van der Waals surface area contributed by atoms with Crippen molar-refractivity contribution in [2.45, 2.75) is 59.5 Å². The summed E-state index contributed by atoms with van der Waals surface area (Å²) in [4.78, 5) is 13.8. The van der Waals surface area contributed by atoms with Crippen LogP contribution in [0.5, 0.6) is 0 Å². The normalized spacial score (nSPS) is 17.6. The molecule has 1 rings (SSSR count). The molecule has 1 saturated heterocycles. The molecule has 1 aliphatic rings. The van der Waals surface area contributed by atoms with Crippen molar-refractivity contribution in [2.75, 3.05) is 26.2 Å². The van der Waals surface area contributed by atoms with Crippen molar-refractivity contribution in [2.24, 2.45) is 11.8 Å². The molecule has 0 aromatic heterocycles. The van der Waals surface area contributed by atoms with Gasteiger partial charge in [0.1, 0.15) is 5.60 Å². The third-order valence-corrected chi connectivity index (χ3v) is 3.55. The van der Waals surface area contributed by atoms with Crippen LogP contribution in [0.4, 0.5) is 4.79 Å². The van der Waals surface area contributed by atoms with E-state index < -0.39 is 5.60 Å². The minimum Gasteiger partial charge on any atom is -0.444 e. The first-order valence-corrected chi connectivity index (χ1v) is 7.96. The maximum atomic E-state index is 11.9. The van der Waals surface area contributed by atoms with Gasteiger partial charge in [-0.15, -0.1) is 0 Å². The van der Waals surface area contributed by atoms with Gasteiger partial charge in [0.15, 0.2) is 0 Å². The highest BCUT2D eigenvalue weighted by Gasteiger charge is 2.26. The molecule has 0 bridgehead atoms. The zero-order chi connectivity index (χ0) is 15.2. The lowest BCUT2D eigenvalue weighted by atomic mass is 9.94. The van der Waals surface area contributed by atoms with E-state index >= 15 is 0 Å². The Balaban J connectivity index is 2.18. The van der Waals surface area contributed by atoms with Gasteiger partial charge < -0.3 is 15.0 Å². The standard InChI is InChI=1S/C16H32N2O2/c1-13(2)12-17-9-6-14-7-10-18(11-8-14)15(19)20-16(3,4)5/h13-14,17H,6-12H2,1-5H3. The summed E-state index contributed by atoms with van der Waals surface area (Å²) in [6.45, 7) is 14.1. The van der Waals surface area contributed by atoms with Gasteiger partial charge in [0, 0.05) is 13.1 Å². The van der Waals surface area contributed by atoms with Crippen LogP contribution in [0.25, 0.3) is 0 Å². The summed E-state index contributed by atoms with van der Waals surface area (Å²) >= 11 is 0. The lowest BCUT2D eigenvalue weighted by molar-refractivity contribution is 0.0181. The number of amides is 1. The molecule has 0 radical (unpaired) electrons. The number of hydrogen-bond donors (Lipinski definition) is 1. The Bertz CT molecular complexity index is 289. The van der Waals surface area contributed by atoms with Gasteiger partial charge in [-0.1, -0.05) is 13.8 Å². The predicted molar refractivity (Wildman–Crippen MR) is 82.9 cm³/mol. The first kappa shape index (κ1) is 17.3. The van der Waals surface area contributed by atoms with E-state index in [4.69, 9.17) is 4.74 Å². The monoisotopic (exact) mass is 284 g/mol. The molecule has 1 amide bonds. The molecule has 0 saturated carbocycles. The van der Waals surface area contributed by atoms with Crippen LogP contribution in [-0.2, 0) is 4.74 Å². The molecule has 20 heavy (non-hydrogen) atoms. The summed E-state index contributed by atoms with van der Waals surface area (Å²) in [5, 5.41) is 3.49. The van der Waals surface area contributed by atoms with E-state index in [1.54, 1.807) is 0 Å². The van der Waals surface area contributed by atoms with Crippen molar-refractivity contribution in [3.8, 4) is 0 Å². The van der Waals surface area contributed by atoms with E-state index in [0.717, 1.165) is 44.9 Å². The molecule has 0 aromatic carbocycles. The van der Waals surface area contributed by atoms with Gasteiger partial charge in [0.25, 0.3) is 0 Å². The molecule has 0 atom stereocenters. The molecule has 1 heterocycles. The summed E-state index contributed by atoms with van der Waals surface area (Å²) in [6, 6.07) is 0. The van der Waals surface area contributed by atoms with Crippen LogP contribution in [0.15, 0.2) is 0 Å². The number of nitrogens with one attached hydrogen (secondary N) is 1. The van der Waals surface area contributed by atoms with Crippen LogP contribution >= 0.6 is 0 Å². The van der Waals surface area contributed by atoms with Crippen LogP contribution in [0, 0.1) is 11.8 Å². The Morgan fingerprint density at radius 1 is 1.30 bits per heavy atom. The molecule has 0 aromatic rings. The molecule has 4 nitrogen and oxygen atoms in total. The van der Waals surface area contributed by atoms with Gasteiger partial charge in [-0.2, -0.15) is 0 Å². The number of rotatable bonds is 5. The molecule has 0 unspecified atom stereocenters. The Morgan fingerprint density at radius 3 is 2.40 bits per heavy atom. The molecule has 1 N–H and O–H groups in total. The van der Waals surface area contributed by atoms with Gasteiger partial charge in [-0.25, -0.2) is 4.79 Å². The Kier molecular flexibility index (Phi) is 6.80. The predicted octanol–water partition coefficient (Wildman–Crippen LogP) is 3.27. The average molecular weight is 284 g/mol. The van der Waals surface area contributed by atoms with E-state index in [1.165, 1.54) is 6.42 Å². The molecule has 1 fully saturated rings. The second-order valence-corrected chi connectivity index (χ2v) is 7.30. The quantitative estimate of drug-likeness (QED) is 0.788. The summed E-state index contributed by atoms with van der Waals surface area (Å²) < 4.78 is 5.41. The van der Waals surface area contributed by atoms with Crippen LogP contribution < -0.4 is 5.32 Å². The maximum absolute atomic E-state index is 11.9. The number of carbonyl (C=O) groups is 1. The number of likely N-dealkylation sites (tertiary alicyclic amines) is 1. The fraction of sp³-hybridized carbons (Fsp3) is 0.938. The molecule has 118 valence electrons. The molecular weight excluding hydrogens is 252 g/mol. The van der Waals surface area contributed by atoms with Crippen LogP contribution in [0.1, 0.15) is 53.9 Å². The lowest BCUT2D eigenvalue weighted by Gasteiger charge is -2.33. The van der Waals surface area contributed by atoms with Crippen LogP contribution in [-0.4, -0.2) is 42.8 Å². The highest BCUT2D eigenvalue weighted by Crippen LogP contribution is 2.21. The molecule has 0 spiro atoms. The SMILES string of the molecule is CC(C)CNCCC1CCN(C(=O)OC(C)(C)C)CC1. The maximum Gasteiger partial charge on any atom is 0.410 e. The highest BCUT2D eigenvalue weighted by atomic mass is 16.6. The number of nitrogens with zero attached hydrogens (tertiary/aromatic N) is 1. The zero-order valence-corrected chi connectivity index (χ0v) is 13.9. The van der Waals surface area contributed by atoms with Crippen molar-refractivity contribution in [1.29, 1.82) is 0 Å². The van der Waals surface area contributed by atoms with Crippen LogP contribution in [0.3, 0.4) is 0 Å². The Labute approximate surface area is 124 Å². The minimum atomic E-state index is -0.394. The summed E-state index contributed by atoms with van der Waals surface area (Å²) in [6.07, 6.45) is 3.26. The van der Waals surface area contributed by atoms with Crippen LogP contribution in [0.2, 0.25) is 0 Å². The first-order valence-electron chi connectivity index (χ1n) is 7.96. The van der Waals surface area contributed by atoms with E-state index in [0.29, 0.717) is 5.92 Å². The van der Waals surface area contributed by atoms with Gasteiger partial charge in [0.05, 0.1) is 0 Å². The van der Waals surface area contributed by atoms with Crippen molar-refractivity contribution < 1.29 is 9.53 Å².